The number of fused-ring (bicyclic) bond motifs is 1. The van der Waals surface area contributed by atoms with Crippen molar-refractivity contribution >= 4 is 17.0 Å². The van der Waals surface area contributed by atoms with E-state index < -0.39 is 0 Å². The van der Waals surface area contributed by atoms with E-state index in [-0.39, 0.29) is 12.0 Å². The first-order chi connectivity index (χ1) is 13.2. The molecule has 1 saturated heterocycles. The Balaban J connectivity index is 1.42. The number of carbonyl (C=O) groups is 1. The van der Waals surface area contributed by atoms with Gasteiger partial charge in [0.25, 0.3) is 11.6 Å². The summed E-state index contributed by atoms with van der Waals surface area (Å²) >= 11 is 0. The monoisotopic (exact) mass is 366 g/mol. The highest BCUT2D eigenvalue weighted by molar-refractivity contribution is 5.97. The maximum absolute atomic E-state index is 12.9. The van der Waals surface area contributed by atoms with Crippen LogP contribution in [0.1, 0.15) is 41.4 Å². The van der Waals surface area contributed by atoms with Crippen molar-refractivity contribution in [1.82, 2.24) is 20.0 Å². The van der Waals surface area contributed by atoms with Crippen molar-refractivity contribution in [3.63, 3.8) is 0 Å². The predicted octanol–water partition coefficient (Wildman–Crippen LogP) is 3.17. The number of rotatable bonds is 4. The molecule has 0 spiro atoms. The number of pyridine rings is 2. The Bertz CT molecular complexity index is 961. The van der Waals surface area contributed by atoms with Crippen LogP contribution in [-0.2, 0) is 6.42 Å². The van der Waals surface area contributed by atoms with Gasteiger partial charge in [0.15, 0.2) is 0 Å². The van der Waals surface area contributed by atoms with Crippen molar-refractivity contribution in [2.75, 3.05) is 13.1 Å². The molecule has 0 saturated carbocycles. The second kappa shape index (κ2) is 7.34. The van der Waals surface area contributed by atoms with E-state index in [0.29, 0.717) is 30.2 Å². The summed E-state index contributed by atoms with van der Waals surface area (Å²) < 4.78 is 11.2. The van der Waals surface area contributed by atoms with Crippen molar-refractivity contribution in [2.24, 2.45) is 0 Å². The molecule has 0 N–H and O–H groups in total. The normalized spacial score (nSPS) is 15.3. The van der Waals surface area contributed by atoms with Crippen molar-refractivity contribution in [3.8, 4) is 5.88 Å². The number of hydrogen-bond donors (Lipinski definition) is 0. The molecule has 1 amide bonds. The van der Waals surface area contributed by atoms with Gasteiger partial charge in [0.05, 0.1) is 16.6 Å². The molecule has 0 atom stereocenters. The first-order valence-electron chi connectivity index (χ1n) is 9.27. The average Bonchev–Trinajstić information content (AvgIpc) is 3.12. The smallest absolute Gasteiger partial charge is 0.257 e. The highest BCUT2D eigenvalue weighted by Gasteiger charge is 2.26. The molecule has 7 heteroatoms. The zero-order valence-corrected chi connectivity index (χ0v) is 15.5. The van der Waals surface area contributed by atoms with Crippen LogP contribution in [0.25, 0.3) is 11.1 Å². The summed E-state index contributed by atoms with van der Waals surface area (Å²) in [6.45, 7) is 5.29. The van der Waals surface area contributed by atoms with Crippen LogP contribution >= 0.6 is 0 Å². The number of carbonyl (C=O) groups excluding carboxylic acids is 1. The zero-order valence-electron chi connectivity index (χ0n) is 15.5. The third-order valence-corrected chi connectivity index (χ3v) is 4.96. The lowest BCUT2D eigenvalue weighted by atomic mass is 10.1. The molecule has 3 aromatic heterocycles. The Labute approximate surface area is 157 Å². The van der Waals surface area contributed by atoms with Gasteiger partial charge < -0.3 is 14.2 Å². The Hall–Kier alpha value is -2.96. The van der Waals surface area contributed by atoms with Crippen LogP contribution in [0.2, 0.25) is 0 Å². The summed E-state index contributed by atoms with van der Waals surface area (Å²) in [5, 5.41) is 4.81. The zero-order chi connectivity index (χ0) is 18.8. The summed E-state index contributed by atoms with van der Waals surface area (Å²) in [4.78, 5) is 23.2. The molecular weight excluding hydrogens is 344 g/mol. The molecule has 3 aromatic rings. The number of hydrogen-bond acceptors (Lipinski definition) is 6. The van der Waals surface area contributed by atoms with Crippen molar-refractivity contribution in [2.45, 2.75) is 39.2 Å². The lowest BCUT2D eigenvalue weighted by molar-refractivity contribution is 0.0586. The van der Waals surface area contributed by atoms with Crippen molar-refractivity contribution in [1.29, 1.82) is 0 Å². The molecule has 0 aliphatic carbocycles. The number of likely N-dealkylation sites (tertiary alicyclic amines) is 1. The summed E-state index contributed by atoms with van der Waals surface area (Å²) in [5.41, 5.74) is 2.89. The lowest BCUT2D eigenvalue weighted by Crippen LogP contribution is -2.42. The number of piperidine rings is 1. The van der Waals surface area contributed by atoms with E-state index in [2.05, 4.69) is 15.1 Å². The van der Waals surface area contributed by atoms with Gasteiger partial charge in [-0.05, 0) is 25.5 Å². The van der Waals surface area contributed by atoms with Crippen LogP contribution in [0.5, 0.6) is 5.88 Å². The second-order valence-corrected chi connectivity index (χ2v) is 6.79. The fourth-order valence-corrected chi connectivity index (χ4v) is 3.36. The first-order valence-corrected chi connectivity index (χ1v) is 9.27. The van der Waals surface area contributed by atoms with Crippen LogP contribution < -0.4 is 4.74 Å². The molecular formula is C20H22N4O3. The van der Waals surface area contributed by atoms with Gasteiger partial charge in [-0.2, -0.15) is 0 Å². The summed E-state index contributed by atoms with van der Waals surface area (Å²) in [7, 11) is 0. The standard InChI is InChI=1S/C20H22N4O3/c1-3-17-16-11-14(12-22-19(16)27-23-17)20(25)24-9-6-15(7-10-24)26-18-13(2)5-4-8-21-18/h4-5,8,11-12,15H,3,6-7,9-10H2,1-2H3. The van der Waals surface area contributed by atoms with Gasteiger partial charge in [-0.15, -0.1) is 0 Å². The van der Waals surface area contributed by atoms with Gasteiger partial charge in [0.1, 0.15) is 6.10 Å². The van der Waals surface area contributed by atoms with Crippen molar-refractivity contribution in [3.05, 3.63) is 47.4 Å². The molecule has 7 nitrogen and oxygen atoms in total. The minimum atomic E-state index is -0.0138. The molecule has 4 rings (SSSR count). The van der Waals surface area contributed by atoms with Gasteiger partial charge in [-0.3, -0.25) is 4.79 Å². The summed E-state index contributed by atoms with van der Waals surface area (Å²) in [6, 6.07) is 5.72. The van der Waals surface area contributed by atoms with Crippen LogP contribution in [0.4, 0.5) is 0 Å². The van der Waals surface area contributed by atoms with E-state index in [1.54, 1.807) is 12.4 Å². The first kappa shape index (κ1) is 17.5. The van der Waals surface area contributed by atoms with Gasteiger partial charge in [-0.1, -0.05) is 18.1 Å². The van der Waals surface area contributed by atoms with E-state index in [0.717, 1.165) is 35.9 Å². The quantitative estimate of drug-likeness (QED) is 0.705. The fraction of sp³-hybridized carbons (Fsp3) is 0.400. The van der Waals surface area contributed by atoms with E-state index in [1.807, 2.05) is 36.9 Å². The Morgan fingerprint density at radius 3 is 2.89 bits per heavy atom. The maximum Gasteiger partial charge on any atom is 0.257 e. The summed E-state index contributed by atoms with van der Waals surface area (Å²) in [5.74, 6) is 0.664. The Kier molecular flexibility index (Phi) is 4.75. The highest BCUT2D eigenvalue weighted by Crippen LogP contribution is 2.23. The molecule has 140 valence electrons. The molecule has 0 unspecified atom stereocenters. The molecule has 27 heavy (non-hydrogen) atoms. The SMILES string of the molecule is CCc1noc2ncc(C(=O)N3CCC(Oc4ncccc4C)CC3)cc12. The van der Waals surface area contributed by atoms with Crippen LogP contribution in [-0.4, -0.2) is 45.1 Å². The number of aryl methyl sites for hydroxylation is 2. The topological polar surface area (TPSA) is 81.4 Å². The molecule has 0 bridgehead atoms. The van der Waals surface area contributed by atoms with E-state index >= 15 is 0 Å². The number of ether oxygens (including phenoxy) is 1. The second-order valence-electron chi connectivity index (χ2n) is 6.79. The molecule has 4 heterocycles. The van der Waals surface area contributed by atoms with Crippen molar-refractivity contribution < 1.29 is 14.1 Å². The number of nitrogens with zero attached hydrogens (tertiary/aromatic N) is 4. The minimum absolute atomic E-state index is 0.0138. The van der Waals surface area contributed by atoms with Crippen LogP contribution in [0.15, 0.2) is 35.1 Å². The predicted molar refractivity (Wildman–Crippen MR) is 99.7 cm³/mol. The average molecular weight is 366 g/mol. The molecule has 1 aliphatic rings. The van der Waals surface area contributed by atoms with Crippen LogP contribution in [0.3, 0.4) is 0 Å². The van der Waals surface area contributed by atoms with Gasteiger partial charge in [-0.25, -0.2) is 9.97 Å². The Morgan fingerprint density at radius 1 is 1.33 bits per heavy atom. The Morgan fingerprint density at radius 2 is 2.15 bits per heavy atom. The fourth-order valence-electron chi connectivity index (χ4n) is 3.36. The third-order valence-electron chi connectivity index (χ3n) is 4.96. The third kappa shape index (κ3) is 3.49. The maximum atomic E-state index is 12.9. The molecule has 1 aliphatic heterocycles. The lowest BCUT2D eigenvalue weighted by Gasteiger charge is -2.32. The molecule has 0 aromatic carbocycles. The number of aromatic nitrogens is 3. The molecule has 1 fully saturated rings. The van der Waals surface area contributed by atoms with Crippen LogP contribution in [0, 0.1) is 6.92 Å². The number of amides is 1. The van der Waals surface area contributed by atoms with Gasteiger partial charge in [0, 0.05) is 43.9 Å². The minimum Gasteiger partial charge on any atom is -0.474 e. The summed E-state index contributed by atoms with van der Waals surface area (Å²) in [6.07, 6.45) is 5.68. The molecule has 0 radical (unpaired) electrons. The van der Waals surface area contributed by atoms with Gasteiger partial charge in [0.2, 0.25) is 5.88 Å². The highest BCUT2D eigenvalue weighted by atomic mass is 16.5. The largest absolute Gasteiger partial charge is 0.474 e. The van der Waals surface area contributed by atoms with E-state index in [4.69, 9.17) is 9.26 Å². The van der Waals surface area contributed by atoms with E-state index in [1.165, 1.54) is 0 Å². The van der Waals surface area contributed by atoms with E-state index in [9.17, 15) is 4.79 Å². The van der Waals surface area contributed by atoms with Gasteiger partial charge >= 0.3 is 0 Å².